The second-order valence-electron chi connectivity index (χ2n) is 5.35. The lowest BCUT2D eigenvalue weighted by molar-refractivity contribution is -0.125. The summed E-state index contributed by atoms with van der Waals surface area (Å²) in [6, 6.07) is 14.1. The van der Waals surface area contributed by atoms with Gasteiger partial charge in [-0.1, -0.05) is 41.0 Å². The second kappa shape index (κ2) is 10.2. The van der Waals surface area contributed by atoms with Crippen molar-refractivity contribution in [2.24, 2.45) is 5.16 Å². The lowest BCUT2D eigenvalue weighted by Gasteiger charge is -2.04. The van der Waals surface area contributed by atoms with Crippen LogP contribution in [0.1, 0.15) is 21.5 Å². The number of nitrogens with one attached hydrogen (secondary N) is 1. The van der Waals surface area contributed by atoms with Crippen molar-refractivity contribution in [1.29, 1.82) is 0 Å². The van der Waals surface area contributed by atoms with E-state index in [1.54, 1.807) is 24.3 Å². The smallest absolute Gasteiger partial charge is 0.337 e. The molecule has 0 aliphatic heterocycles. The number of oxime groups is 1. The minimum atomic E-state index is -0.403. The Hall–Kier alpha value is -2.86. The monoisotopic (exact) mass is 374 g/mol. The molecule has 7 heteroatoms. The van der Waals surface area contributed by atoms with Gasteiger partial charge in [0.2, 0.25) is 0 Å². The zero-order valence-electron chi connectivity index (χ0n) is 14.3. The number of rotatable bonds is 8. The second-order valence-corrected chi connectivity index (χ2v) is 5.78. The molecule has 0 bridgehead atoms. The SMILES string of the molecule is COC(=O)c1ccc(/C=N\OCC(=O)NCCc2ccc(Cl)cc2)cc1. The van der Waals surface area contributed by atoms with E-state index in [0.717, 1.165) is 11.1 Å². The molecule has 0 fully saturated rings. The van der Waals surface area contributed by atoms with Crippen LogP contribution in [-0.2, 0) is 20.8 Å². The van der Waals surface area contributed by atoms with Gasteiger partial charge in [0, 0.05) is 11.6 Å². The van der Waals surface area contributed by atoms with E-state index in [9.17, 15) is 9.59 Å². The zero-order valence-corrected chi connectivity index (χ0v) is 15.0. The molecule has 2 aromatic rings. The highest BCUT2D eigenvalue weighted by Gasteiger charge is 2.04. The minimum Gasteiger partial charge on any atom is -0.465 e. The maximum Gasteiger partial charge on any atom is 0.337 e. The number of hydrogen-bond donors (Lipinski definition) is 1. The van der Waals surface area contributed by atoms with Crippen molar-refractivity contribution in [2.75, 3.05) is 20.3 Å². The molecule has 0 saturated carbocycles. The molecule has 0 heterocycles. The van der Waals surface area contributed by atoms with Crippen LogP contribution in [0.25, 0.3) is 0 Å². The Labute approximate surface area is 156 Å². The number of carbonyl (C=O) groups excluding carboxylic acids is 2. The summed E-state index contributed by atoms with van der Waals surface area (Å²) < 4.78 is 4.62. The summed E-state index contributed by atoms with van der Waals surface area (Å²) >= 11 is 5.82. The van der Waals surface area contributed by atoms with Crippen LogP contribution in [-0.4, -0.2) is 38.4 Å². The van der Waals surface area contributed by atoms with Gasteiger partial charge in [-0.2, -0.15) is 0 Å². The normalized spacial score (nSPS) is 10.5. The third-order valence-corrected chi connectivity index (χ3v) is 3.70. The highest BCUT2D eigenvalue weighted by atomic mass is 35.5. The van der Waals surface area contributed by atoms with Crippen molar-refractivity contribution in [3.05, 3.63) is 70.2 Å². The van der Waals surface area contributed by atoms with Gasteiger partial charge < -0.3 is 14.9 Å². The molecule has 0 aromatic heterocycles. The molecule has 2 aromatic carbocycles. The average molecular weight is 375 g/mol. The summed E-state index contributed by atoms with van der Waals surface area (Å²) in [7, 11) is 1.33. The van der Waals surface area contributed by atoms with Crippen molar-refractivity contribution in [3.63, 3.8) is 0 Å². The molecule has 1 amide bonds. The number of amides is 1. The van der Waals surface area contributed by atoms with Gasteiger partial charge in [-0.3, -0.25) is 4.79 Å². The van der Waals surface area contributed by atoms with E-state index in [2.05, 4.69) is 15.2 Å². The number of nitrogens with zero attached hydrogens (tertiary/aromatic N) is 1. The molecule has 0 saturated heterocycles. The Morgan fingerprint density at radius 1 is 1.12 bits per heavy atom. The predicted molar refractivity (Wildman–Crippen MR) is 99.5 cm³/mol. The molecular formula is C19H19ClN2O4. The van der Waals surface area contributed by atoms with E-state index >= 15 is 0 Å². The van der Waals surface area contributed by atoms with Gasteiger partial charge in [0.15, 0.2) is 6.61 Å². The van der Waals surface area contributed by atoms with E-state index in [0.29, 0.717) is 23.6 Å². The van der Waals surface area contributed by atoms with Gasteiger partial charge in [0.1, 0.15) is 0 Å². The summed E-state index contributed by atoms with van der Waals surface area (Å²) in [5, 5.41) is 7.17. The molecule has 136 valence electrons. The number of ether oxygens (including phenoxy) is 1. The third kappa shape index (κ3) is 6.57. The van der Waals surface area contributed by atoms with Crippen LogP contribution < -0.4 is 5.32 Å². The van der Waals surface area contributed by atoms with Crippen LogP contribution in [0.15, 0.2) is 53.7 Å². The Kier molecular flexibility index (Phi) is 7.64. The van der Waals surface area contributed by atoms with Crippen LogP contribution >= 0.6 is 11.6 Å². The quantitative estimate of drug-likeness (QED) is 0.438. The molecule has 0 spiro atoms. The fourth-order valence-corrected chi connectivity index (χ4v) is 2.19. The third-order valence-electron chi connectivity index (χ3n) is 3.45. The Bertz CT molecular complexity index is 758. The Morgan fingerprint density at radius 3 is 2.46 bits per heavy atom. The van der Waals surface area contributed by atoms with Crippen LogP contribution in [0.4, 0.5) is 0 Å². The zero-order chi connectivity index (χ0) is 18.8. The van der Waals surface area contributed by atoms with Crippen LogP contribution in [0.5, 0.6) is 0 Å². The van der Waals surface area contributed by atoms with Gasteiger partial charge in [0.05, 0.1) is 18.9 Å². The van der Waals surface area contributed by atoms with Crippen molar-refractivity contribution in [3.8, 4) is 0 Å². The molecule has 6 nitrogen and oxygen atoms in total. The van der Waals surface area contributed by atoms with Crippen LogP contribution in [0.3, 0.4) is 0 Å². The first-order valence-corrected chi connectivity index (χ1v) is 8.31. The maximum absolute atomic E-state index is 11.7. The van der Waals surface area contributed by atoms with E-state index in [1.807, 2.05) is 24.3 Å². The van der Waals surface area contributed by atoms with Gasteiger partial charge in [-0.15, -0.1) is 0 Å². The number of methoxy groups -OCH3 is 1. The van der Waals surface area contributed by atoms with E-state index < -0.39 is 5.97 Å². The van der Waals surface area contributed by atoms with Crippen LogP contribution in [0, 0.1) is 0 Å². The number of esters is 1. The van der Waals surface area contributed by atoms with Crippen molar-refractivity contribution in [2.45, 2.75) is 6.42 Å². The summed E-state index contributed by atoms with van der Waals surface area (Å²) in [6.45, 7) is 0.333. The first kappa shape index (κ1) is 19.5. The standard InChI is InChI=1S/C19H19ClN2O4/c1-25-19(24)16-6-2-15(3-7-16)12-22-26-13-18(23)21-11-10-14-4-8-17(20)9-5-14/h2-9,12H,10-11,13H2,1H3,(H,21,23)/b22-12-. The molecule has 0 atom stereocenters. The average Bonchev–Trinajstić information content (AvgIpc) is 2.66. The molecular weight excluding hydrogens is 356 g/mol. The van der Waals surface area contributed by atoms with Gasteiger partial charge in [0.25, 0.3) is 5.91 Å². The van der Waals surface area contributed by atoms with Crippen molar-refractivity contribution in [1.82, 2.24) is 5.32 Å². The topological polar surface area (TPSA) is 77.0 Å². The van der Waals surface area contributed by atoms with Gasteiger partial charge in [-0.05, 0) is 41.8 Å². The molecule has 0 aliphatic carbocycles. The Morgan fingerprint density at radius 2 is 1.81 bits per heavy atom. The summed E-state index contributed by atoms with van der Waals surface area (Å²) in [5.41, 5.74) is 2.27. The van der Waals surface area contributed by atoms with E-state index in [4.69, 9.17) is 16.4 Å². The number of hydrogen-bond acceptors (Lipinski definition) is 5. The predicted octanol–water partition coefficient (Wildman–Crippen LogP) is 2.84. The molecule has 0 aliphatic rings. The van der Waals surface area contributed by atoms with Gasteiger partial charge in [-0.25, -0.2) is 4.79 Å². The Balaban J connectivity index is 1.66. The highest BCUT2D eigenvalue weighted by Crippen LogP contribution is 2.09. The molecule has 0 radical (unpaired) electrons. The number of halogens is 1. The molecule has 26 heavy (non-hydrogen) atoms. The van der Waals surface area contributed by atoms with Gasteiger partial charge >= 0.3 is 5.97 Å². The maximum atomic E-state index is 11.7. The van der Waals surface area contributed by atoms with E-state index in [-0.39, 0.29) is 12.5 Å². The summed E-state index contributed by atoms with van der Waals surface area (Å²) in [6.07, 6.45) is 2.17. The number of benzene rings is 2. The van der Waals surface area contributed by atoms with Crippen LogP contribution in [0.2, 0.25) is 5.02 Å². The molecule has 1 N–H and O–H groups in total. The molecule has 2 rings (SSSR count). The minimum absolute atomic E-state index is 0.169. The first-order valence-electron chi connectivity index (χ1n) is 7.93. The fourth-order valence-electron chi connectivity index (χ4n) is 2.07. The highest BCUT2D eigenvalue weighted by molar-refractivity contribution is 6.30. The largest absolute Gasteiger partial charge is 0.465 e. The summed E-state index contributed by atoms with van der Waals surface area (Å²) in [4.78, 5) is 28.0. The lowest BCUT2D eigenvalue weighted by Crippen LogP contribution is -2.28. The first-order chi connectivity index (χ1) is 12.6. The number of carbonyl (C=O) groups is 2. The summed E-state index contributed by atoms with van der Waals surface area (Å²) in [5.74, 6) is -0.655. The van der Waals surface area contributed by atoms with Crippen molar-refractivity contribution >= 4 is 29.7 Å². The fraction of sp³-hybridized carbons (Fsp3) is 0.211. The van der Waals surface area contributed by atoms with E-state index in [1.165, 1.54) is 13.3 Å². The van der Waals surface area contributed by atoms with Crippen molar-refractivity contribution < 1.29 is 19.2 Å². The molecule has 0 unspecified atom stereocenters. The lowest BCUT2D eigenvalue weighted by atomic mass is 10.1.